The van der Waals surface area contributed by atoms with E-state index in [1.807, 2.05) is 0 Å². The minimum atomic E-state index is -0.218. The third-order valence-corrected chi connectivity index (χ3v) is 3.75. The number of amides is 2. The zero-order valence-electron chi connectivity index (χ0n) is 10.6. The number of likely N-dealkylation sites (N-methyl/N-ethyl adjacent to an activating group) is 1. The molecule has 4 nitrogen and oxygen atoms in total. The summed E-state index contributed by atoms with van der Waals surface area (Å²) in [5.74, 6) is -0.270. The first-order chi connectivity index (χ1) is 8.99. The Labute approximate surface area is 122 Å². The summed E-state index contributed by atoms with van der Waals surface area (Å²) >= 11 is 10.2. The zero-order chi connectivity index (χ0) is 14.0. The highest BCUT2D eigenvalue weighted by Gasteiger charge is 2.25. The first kappa shape index (κ1) is 14.2. The van der Waals surface area contributed by atoms with Gasteiger partial charge in [-0.25, -0.2) is 0 Å². The van der Waals surface area contributed by atoms with Crippen LogP contribution in [0.2, 0.25) is 5.02 Å². The summed E-state index contributed by atoms with van der Waals surface area (Å²) in [6.45, 7) is 1.33. The predicted molar refractivity (Wildman–Crippen MR) is 76.9 cm³/mol. The highest BCUT2D eigenvalue weighted by Crippen LogP contribution is 2.21. The van der Waals surface area contributed by atoms with Crippen LogP contribution in [0.25, 0.3) is 0 Å². The third kappa shape index (κ3) is 3.22. The van der Waals surface area contributed by atoms with Gasteiger partial charge in [0.2, 0.25) is 5.91 Å². The van der Waals surface area contributed by atoms with Crippen LogP contribution in [0.4, 0.5) is 0 Å². The number of hydrogen-bond acceptors (Lipinski definition) is 3. The number of rotatable bonds is 1. The van der Waals surface area contributed by atoms with Gasteiger partial charge in [-0.05, 0) is 24.6 Å². The second kappa shape index (κ2) is 5.84. The van der Waals surface area contributed by atoms with Crippen LogP contribution in [-0.4, -0.2) is 48.3 Å². The van der Waals surface area contributed by atoms with E-state index in [2.05, 4.69) is 12.6 Å². The maximum absolute atomic E-state index is 12.4. The van der Waals surface area contributed by atoms with E-state index in [1.165, 1.54) is 0 Å². The predicted octanol–water partition coefficient (Wildman–Crippen LogP) is 1.93. The summed E-state index contributed by atoms with van der Waals surface area (Å²) in [6, 6.07) is 5.00. The number of hydrogen-bond donors (Lipinski definition) is 1. The van der Waals surface area contributed by atoms with Gasteiger partial charge in [-0.2, -0.15) is 0 Å². The Hall–Kier alpha value is -1.20. The first-order valence-corrected chi connectivity index (χ1v) is 6.83. The summed E-state index contributed by atoms with van der Waals surface area (Å²) in [5.41, 5.74) is 0.395. The third-order valence-electron chi connectivity index (χ3n) is 3.14. The molecule has 102 valence electrons. The molecule has 0 aromatic heterocycles. The molecule has 1 saturated heterocycles. The Kier molecular flexibility index (Phi) is 4.37. The number of benzene rings is 1. The summed E-state index contributed by atoms with van der Waals surface area (Å²) in [5, 5.41) is 0.382. The van der Waals surface area contributed by atoms with Gasteiger partial charge >= 0.3 is 0 Å². The van der Waals surface area contributed by atoms with Gasteiger partial charge in [0, 0.05) is 25.0 Å². The van der Waals surface area contributed by atoms with Crippen LogP contribution >= 0.6 is 24.2 Å². The molecule has 2 amide bonds. The van der Waals surface area contributed by atoms with Crippen LogP contribution in [0, 0.1) is 0 Å². The molecule has 1 aromatic carbocycles. The number of thiol groups is 1. The summed E-state index contributed by atoms with van der Waals surface area (Å²) in [4.78, 5) is 28.1. The molecule has 1 heterocycles. The van der Waals surface area contributed by atoms with Gasteiger partial charge in [-0.1, -0.05) is 11.6 Å². The van der Waals surface area contributed by atoms with Crippen molar-refractivity contribution in [1.82, 2.24) is 9.80 Å². The van der Waals surface area contributed by atoms with Crippen molar-refractivity contribution in [3.8, 4) is 0 Å². The van der Waals surface area contributed by atoms with Crippen molar-refractivity contribution < 1.29 is 9.59 Å². The Bertz CT molecular complexity index is 521. The SMILES string of the molecule is CN1CCCN(C(=O)c2cc(S)ccc2Cl)CC1=O. The number of halogens is 1. The fourth-order valence-electron chi connectivity index (χ4n) is 2.01. The first-order valence-electron chi connectivity index (χ1n) is 6.01. The number of carbonyl (C=O) groups is 2. The van der Waals surface area contributed by atoms with Gasteiger partial charge in [0.05, 0.1) is 10.6 Å². The largest absolute Gasteiger partial charge is 0.344 e. The van der Waals surface area contributed by atoms with Crippen molar-refractivity contribution in [2.45, 2.75) is 11.3 Å². The van der Waals surface area contributed by atoms with Gasteiger partial charge in [0.15, 0.2) is 0 Å². The molecule has 0 unspecified atom stereocenters. The van der Waals surface area contributed by atoms with Crippen LogP contribution in [0.5, 0.6) is 0 Å². The van der Waals surface area contributed by atoms with Crippen molar-refractivity contribution in [2.24, 2.45) is 0 Å². The Morgan fingerprint density at radius 3 is 2.84 bits per heavy atom. The smallest absolute Gasteiger partial charge is 0.255 e. The molecule has 0 spiro atoms. The molecule has 1 aliphatic rings. The fourth-order valence-corrected chi connectivity index (χ4v) is 2.41. The van der Waals surface area contributed by atoms with E-state index in [0.29, 0.717) is 28.6 Å². The number of carbonyl (C=O) groups excluding carboxylic acids is 2. The molecule has 0 N–H and O–H groups in total. The van der Waals surface area contributed by atoms with Crippen LogP contribution in [0.3, 0.4) is 0 Å². The molecule has 1 aromatic rings. The topological polar surface area (TPSA) is 40.6 Å². The Balaban J connectivity index is 2.23. The molecule has 0 aliphatic carbocycles. The van der Waals surface area contributed by atoms with E-state index in [1.54, 1.807) is 35.0 Å². The minimum Gasteiger partial charge on any atom is -0.344 e. The van der Waals surface area contributed by atoms with Crippen molar-refractivity contribution in [2.75, 3.05) is 26.7 Å². The zero-order valence-corrected chi connectivity index (χ0v) is 12.2. The summed E-state index contributed by atoms with van der Waals surface area (Å²) in [6.07, 6.45) is 0.770. The van der Waals surface area contributed by atoms with E-state index in [0.717, 1.165) is 6.42 Å². The van der Waals surface area contributed by atoms with E-state index in [4.69, 9.17) is 11.6 Å². The van der Waals surface area contributed by atoms with Gasteiger partial charge < -0.3 is 9.80 Å². The molecule has 0 atom stereocenters. The van der Waals surface area contributed by atoms with Gasteiger partial charge in [0.25, 0.3) is 5.91 Å². The molecule has 1 aliphatic heterocycles. The van der Waals surface area contributed by atoms with E-state index < -0.39 is 0 Å². The maximum atomic E-state index is 12.4. The lowest BCUT2D eigenvalue weighted by atomic mass is 10.2. The van der Waals surface area contributed by atoms with Crippen LogP contribution < -0.4 is 0 Å². The van der Waals surface area contributed by atoms with Crippen molar-refractivity contribution >= 4 is 36.0 Å². The number of nitrogens with zero attached hydrogens (tertiary/aromatic N) is 2. The minimum absolute atomic E-state index is 0.0519. The second-order valence-electron chi connectivity index (χ2n) is 4.56. The molecule has 0 bridgehead atoms. The van der Waals surface area contributed by atoms with E-state index >= 15 is 0 Å². The summed E-state index contributed by atoms with van der Waals surface area (Å²) < 4.78 is 0. The molecular formula is C13H15ClN2O2S. The van der Waals surface area contributed by atoms with Crippen molar-refractivity contribution in [3.05, 3.63) is 28.8 Å². The standard InChI is InChI=1S/C13H15ClN2O2S/c1-15-5-2-6-16(8-12(15)17)13(18)10-7-9(19)3-4-11(10)14/h3-4,7,19H,2,5-6,8H2,1H3. The molecule has 6 heteroatoms. The summed E-state index contributed by atoms with van der Waals surface area (Å²) in [7, 11) is 1.75. The highest BCUT2D eigenvalue weighted by atomic mass is 35.5. The maximum Gasteiger partial charge on any atom is 0.255 e. The van der Waals surface area contributed by atoms with E-state index in [9.17, 15) is 9.59 Å². The highest BCUT2D eigenvalue weighted by molar-refractivity contribution is 7.80. The molecular weight excluding hydrogens is 284 g/mol. The fraction of sp³-hybridized carbons (Fsp3) is 0.385. The quantitative estimate of drug-likeness (QED) is 0.805. The van der Waals surface area contributed by atoms with E-state index in [-0.39, 0.29) is 18.4 Å². The average Bonchev–Trinajstić information content (AvgIpc) is 2.54. The van der Waals surface area contributed by atoms with Crippen LogP contribution in [0.15, 0.2) is 23.1 Å². The second-order valence-corrected chi connectivity index (χ2v) is 5.48. The monoisotopic (exact) mass is 298 g/mol. The molecule has 2 rings (SSSR count). The van der Waals surface area contributed by atoms with Gasteiger partial charge in [0.1, 0.15) is 6.54 Å². The lowest BCUT2D eigenvalue weighted by Crippen LogP contribution is -2.38. The molecule has 0 radical (unpaired) electrons. The average molecular weight is 299 g/mol. The Morgan fingerprint density at radius 1 is 1.37 bits per heavy atom. The normalized spacial score (nSPS) is 16.5. The van der Waals surface area contributed by atoms with Gasteiger partial charge in [-0.3, -0.25) is 9.59 Å². The van der Waals surface area contributed by atoms with Crippen LogP contribution in [0.1, 0.15) is 16.8 Å². The Morgan fingerprint density at radius 2 is 2.11 bits per heavy atom. The van der Waals surface area contributed by atoms with Gasteiger partial charge in [-0.15, -0.1) is 12.6 Å². The van der Waals surface area contributed by atoms with Crippen LogP contribution in [-0.2, 0) is 4.79 Å². The lowest BCUT2D eigenvalue weighted by Gasteiger charge is -2.20. The lowest BCUT2D eigenvalue weighted by molar-refractivity contribution is -0.129. The molecule has 19 heavy (non-hydrogen) atoms. The van der Waals surface area contributed by atoms with Crippen molar-refractivity contribution in [1.29, 1.82) is 0 Å². The molecule has 1 fully saturated rings. The molecule has 0 saturated carbocycles. The van der Waals surface area contributed by atoms with Crippen molar-refractivity contribution in [3.63, 3.8) is 0 Å².